The van der Waals surface area contributed by atoms with Crippen LogP contribution in [0.3, 0.4) is 0 Å². The Labute approximate surface area is 204 Å². The monoisotopic (exact) mass is 472 g/mol. The van der Waals surface area contributed by atoms with Gasteiger partial charge in [0, 0.05) is 18.7 Å². The fraction of sp³-hybridized carbons (Fsp3) is 0.250. The second-order valence-electron chi connectivity index (χ2n) is 8.86. The predicted octanol–water partition coefficient (Wildman–Crippen LogP) is 5.06. The molecule has 0 saturated heterocycles. The van der Waals surface area contributed by atoms with Crippen LogP contribution < -0.4 is 10.2 Å². The fourth-order valence-corrected chi connectivity index (χ4v) is 4.49. The van der Waals surface area contributed by atoms with Crippen molar-refractivity contribution in [1.29, 1.82) is 0 Å². The molecule has 35 heavy (non-hydrogen) atoms. The van der Waals surface area contributed by atoms with E-state index in [1.807, 2.05) is 36.4 Å². The van der Waals surface area contributed by atoms with Gasteiger partial charge in [0.1, 0.15) is 12.1 Å². The number of fused-ring (bicyclic) bond motifs is 3. The molecule has 3 aromatic rings. The first-order valence-corrected chi connectivity index (χ1v) is 11.5. The summed E-state index contributed by atoms with van der Waals surface area (Å²) >= 11 is 0. The topological polar surface area (TPSA) is 95.9 Å². The molecule has 0 spiro atoms. The van der Waals surface area contributed by atoms with Crippen molar-refractivity contribution in [3.63, 3.8) is 0 Å². The average molecular weight is 473 g/mol. The zero-order chi connectivity index (χ0) is 25.2. The van der Waals surface area contributed by atoms with Gasteiger partial charge in [0.15, 0.2) is 0 Å². The van der Waals surface area contributed by atoms with Crippen LogP contribution in [0.4, 0.5) is 10.5 Å². The molecule has 0 saturated carbocycles. The van der Waals surface area contributed by atoms with E-state index in [0.29, 0.717) is 12.1 Å². The van der Waals surface area contributed by atoms with Crippen molar-refractivity contribution >= 4 is 23.7 Å². The Balaban J connectivity index is 1.46. The second-order valence-corrected chi connectivity index (χ2v) is 8.86. The van der Waals surface area contributed by atoms with E-state index in [2.05, 4.69) is 17.4 Å². The van der Waals surface area contributed by atoms with Gasteiger partial charge in [-0.1, -0.05) is 61.5 Å². The standard InChI is InChI=1S/C28H28N2O5/c1-4-28(2,26(33)30(3)19-11-9-10-18(16-19)25(31)32)29-27(34)35-17-24-22-14-7-5-12-20(22)21-13-6-8-15-23(21)24/h5-16,24H,4,17H2,1-3H3,(H,29,34)(H,31,32). The summed E-state index contributed by atoms with van der Waals surface area (Å²) in [5.74, 6) is -1.54. The van der Waals surface area contributed by atoms with Gasteiger partial charge in [0.25, 0.3) is 5.91 Å². The van der Waals surface area contributed by atoms with E-state index < -0.39 is 17.6 Å². The smallest absolute Gasteiger partial charge is 0.408 e. The van der Waals surface area contributed by atoms with Gasteiger partial charge < -0.3 is 20.1 Å². The molecule has 0 bridgehead atoms. The summed E-state index contributed by atoms with van der Waals surface area (Å²) in [5.41, 5.74) is 3.74. The molecular weight excluding hydrogens is 444 g/mol. The van der Waals surface area contributed by atoms with E-state index in [1.165, 1.54) is 17.0 Å². The van der Waals surface area contributed by atoms with Crippen molar-refractivity contribution in [2.24, 2.45) is 0 Å². The average Bonchev–Trinajstić information content (AvgIpc) is 3.20. The molecule has 0 aliphatic heterocycles. The summed E-state index contributed by atoms with van der Waals surface area (Å²) in [6, 6.07) is 22.2. The number of alkyl carbamates (subject to hydrolysis) is 1. The molecule has 7 heteroatoms. The molecule has 1 aliphatic rings. The number of likely N-dealkylation sites (N-methyl/N-ethyl adjacent to an activating group) is 1. The van der Waals surface area contributed by atoms with E-state index in [0.717, 1.165) is 22.3 Å². The number of carbonyl (C=O) groups excluding carboxylic acids is 2. The Kier molecular flexibility index (Phi) is 6.60. The Morgan fingerprint density at radius 2 is 1.57 bits per heavy atom. The largest absolute Gasteiger partial charge is 0.478 e. The van der Waals surface area contributed by atoms with Gasteiger partial charge in [-0.15, -0.1) is 0 Å². The number of anilines is 1. The van der Waals surface area contributed by atoms with Crippen molar-refractivity contribution in [1.82, 2.24) is 5.32 Å². The lowest BCUT2D eigenvalue weighted by Crippen LogP contribution is -2.57. The second kappa shape index (κ2) is 9.62. The number of carboxylic acids is 1. The minimum atomic E-state index is -1.24. The van der Waals surface area contributed by atoms with Crippen LogP contribution in [0.25, 0.3) is 11.1 Å². The summed E-state index contributed by atoms with van der Waals surface area (Å²) in [6.45, 7) is 3.57. The third-order valence-corrected chi connectivity index (χ3v) is 6.69. The van der Waals surface area contributed by atoms with Crippen LogP contribution in [0, 0.1) is 0 Å². The number of hydrogen-bond donors (Lipinski definition) is 2. The van der Waals surface area contributed by atoms with Crippen LogP contribution in [0.2, 0.25) is 0 Å². The van der Waals surface area contributed by atoms with E-state index in [-0.39, 0.29) is 24.0 Å². The molecule has 7 nitrogen and oxygen atoms in total. The van der Waals surface area contributed by atoms with Crippen molar-refractivity contribution in [3.8, 4) is 11.1 Å². The third kappa shape index (κ3) is 4.62. The Bertz CT molecular complexity index is 1240. The minimum Gasteiger partial charge on any atom is -0.478 e. The molecule has 1 unspecified atom stereocenters. The van der Waals surface area contributed by atoms with Crippen molar-refractivity contribution in [2.75, 3.05) is 18.6 Å². The van der Waals surface area contributed by atoms with Gasteiger partial charge in [0.2, 0.25) is 0 Å². The Morgan fingerprint density at radius 1 is 0.971 bits per heavy atom. The van der Waals surface area contributed by atoms with Crippen LogP contribution in [0.5, 0.6) is 0 Å². The lowest BCUT2D eigenvalue weighted by atomic mass is 9.96. The highest BCUT2D eigenvalue weighted by Crippen LogP contribution is 2.44. The van der Waals surface area contributed by atoms with E-state index in [1.54, 1.807) is 33.0 Å². The minimum absolute atomic E-state index is 0.0739. The van der Waals surface area contributed by atoms with Crippen molar-refractivity contribution in [2.45, 2.75) is 31.7 Å². The van der Waals surface area contributed by atoms with E-state index in [9.17, 15) is 19.5 Å². The van der Waals surface area contributed by atoms with Gasteiger partial charge in [-0.05, 0) is 53.8 Å². The fourth-order valence-electron chi connectivity index (χ4n) is 4.49. The molecule has 180 valence electrons. The number of rotatable bonds is 7. The molecular formula is C28H28N2O5. The summed E-state index contributed by atoms with van der Waals surface area (Å²) in [5, 5.41) is 12.0. The number of carbonyl (C=O) groups is 3. The van der Waals surface area contributed by atoms with Crippen LogP contribution in [0.15, 0.2) is 72.8 Å². The third-order valence-electron chi connectivity index (χ3n) is 6.69. The Morgan fingerprint density at radius 3 is 2.14 bits per heavy atom. The molecule has 1 aliphatic carbocycles. The first-order chi connectivity index (χ1) is 16.7. The maximum absolute atomic E-state index is 13.3. The first-order valence-electron chi connectivity index (χ1n) is 11.5. The quantitative estimate of drug-likeness (QED) is 0.501. The molecule has 0 aromatic heterocycles. The molecule has 1 atom stereocenters. The number of hydrogen-bond acceptors (Lipinski definition) is 4. The molecule has 3 aromatic carbocycles. The normalized spacial score (nSPS) is 13.8. The molecule has 4 rings (SSSR count). The number of nitrogens with zero attached hydrogens (tertiary/aromatic N) is 1. The van der Waals surface area contributed by atoms with E-state index >= 15 is 0 Å². The van der Waals surface area contributed by atoms with Crippen LogP contribution >= 0.6 is 0 Å². The predicted molar refractivity (Wildman–Crippen MR) is 134 cm³/mol. The van der Waals surface area contributed by atoms with Crippen LogP contribution in [-0.2, 0) is 9.53 Å². The summed E-state index contributed by atoms with van der Waals surface area (Å²) in [4.78, 5) is 38.8. The molecule has 0 radical (unpaired) electrons. The lowest BCUT2D eigenvalue weighted by molar-refractivity contribution is -0.124. The van der Waals surface area contributed by atoms with Gasteiger partial charge in [-0.25, -0.2) is 9.59 Å². The number of nitrogens with one attached hydrogen (secondary N) is 1. The van der Waals surface area contributed by atoms with Crippen molar-refractivity contribution < 1.29 is 24.2 Å². The zero-order valence-electron chi connectivity index (χ0n) is 19.9. The van der Waals surface area contributed by atoms with Crippen molar-refractivity contribution in [3.05, 3.63) is 89.5 Å². The molecule has 0 fully saturated rings. The highest BCUT2D eigenvalue weighted by molar-refractivity contribution is 6.02. The summed E-state index contributed by atoms with van der Waals surface area (Å²) in [6.07, 6.45) is -0.365. The highest BCUT2D eigenvalue weighted by Gasteiger charge is 2.37. The van der Waals surface area contributed by atoms with Gasteiger partial charge in [-0.3, -0.25) is 4.79 Å². The number of ether oxygens (including phenoxy) is 1. The van der Waals surface area contributed by atoms with Gasteiger partial charge in [-0.2, -0.15) is 0 Å². The maximum Gasteiger partial charge on any atom is 0.408 e. The molecule has 2 amide bonds. The SMILES string of the molecule is CCC(C)(NC(=O)OCC1c2ccccc2-c2ccccc21)C(=O)N(C)c1cccc(C(=O)O)c1. The Hall–Kier alpha value is -4.13. The molecule has 2 N–H and O–H groups in total. The van der Waals surface area contributed by atoms with E-state index in [4.69, 9.17) is 4.74 Å². The first kappa shape index (κ1) is 24.0. The maximum atomic E-state index is 13.3. The van der Waals surface area contributed by atoms with Crippen LogP contribution in [-0.4, -0.2) is 42.3 Å². The number of benzene rings is 3. The number of aromatic carboxylic acids is 1. The zero-order valence-corrected chi connectivity index (χ0v) is 19.9. The molecule has 0 heterocycles. The summed E-state index contributed by atoms with van der Waals surface area (Å²) in [7, 11) is 1.55. The van der Waals surface area contributed by atoms with Gasteiger partial charge in [0.05, 0.1) is 5.56 Å². The lowest BCUT2D eigenvalue weighted by Gasteiger charge is -2.32. The number of carboxylic acid groups (broad SMARTS) is 1. The van der Waals surface area contributed by atoms with Gasteiger partial charge >= 0.3 is 12.1 Å². The highest BCUT2D eigenvalue weighted by atomic mass is 16.5. The summed E-state index contributed by atoms with van der Waals surface area (Å²) < 4.78 is 5.62. The number of amides is 2. The van der Waals surface area contributed by atoms with Crippen LogP contribution in [0.1, 0.15) is 47.7 Å².